The molecule has 192 valence electrons. The van der Waals surface area contributed by atoms with Crippen molar-refractivity contribution < 1.29 is 9.05 Å². The van der Waals surface area contributed by atoms with Gasteiger partial charge in [0, 0.05) is 22.7 Å². The van der Waals surface area contributed by atoms with Crippen LogP contribution in [0.3, 0.4) is 0 Å². The van der Waals surface area contributed by atoms with E-state index in [0.29, 0.717) is 6.54 Å². The zero-order valence-corrected chi connectivity index (χ0v) is 23.3. The molecular weight excluding hydrogens is 487 g/mol. The molecule has 1 spiro atoms. The number of nitrogens with zero attached hydrogens (tertiary/aromatic N) is 2. The van der Waals surface area contributed by atoms with Crippen LogP contribution >= 0.6 is 8.53 Å². The highest BCUT2D eigenvalue weighted by Gasteiger charge is 2.59. The highest BCUT2D eigenvalue weighted by Crippen LogP contribution is 2.68. The molecular formula is C33H33N2O2P. The van der Waals surface area contributed by atoms with E-state index in [1.165, 1.54) is 27.8 Å². The summed E-state index contributed by atoms with van der Waals surface area (Å²) < 4.78 is 16.2. The van der Waals surface area contributed by atoms with Crippen molar-refractivity contribution >= 4 is 14.3 Å². The first-order valence-corrected chi connectivity index (χ1v) is 14.6. The highest BCUT2D eigenvalue weighted by molar-refractivity contribution is 7.50. The van der Waals surface area contributed by atoms with Gasteiger partial charge in [-0.15, -0.1) is 0 Å². The van der Waals surface area contributed by atoms with E-state index < -0.39 is 8.53 Å². The van der Waals surface area contributed by atoms with Crippen molar-refractivity contribution in [3.05, 3.63) is 119 Å². The minimum Gasteiger partial charge on any atom is -0.422 e. The van der Waals surface area contributed by atoms with E-state index in [1.807, 2.05) is 30.5 Å². The first kappa shape index (κ1) is 23.7. The Hall–Kier alpha value is -3.36. The standard InChI is InChI=1S/C33H33N2O2P/c1-31(2)21-33-22-32(3,4)25-15-11-17-27(30(25)33)37-38(36-26-16-10-14-24(31)29(26)33)35(28-18-8-9-19-34-28)20-23-12-6-5-7-13-23/h5-19H,20-22H2,1-4H3. The molecule has 0 N–H and O–H groups in total. The summed E-state index contributed by atoms with van der Waals surface area (Å²) in [5, 5.41) is 0. The second-order valence-corrected chi connectivity index (χ2v) is 13.5. The highest BCUT2D eigenvalue weighted by atomic mass is 31.2. The average molecular weight is 521 g/mol. The smallest absolute Gasteiger partial charge is 0.418 e. The molecule has 4 nitrogen and oxygen atoms in total. The van der Waals surface area contributed by atoms with E-state index in [9.17, 15) is 0 Å². The molecule has 3 aliphatic rings. The minimum absolute atomic E-state index is 0.0390. The molecule has 0 saturated heterocycles. The summed E-state index contributed by atoms with van der Waals surface area (Å²) in [6, 6.07) is 29.7. The van der Waals surface area contributed by atoms with E-state index in [1.54, 1.807) is 0 Å². The van der Waals surface area contributed by atoms with Gasteiger partial charge in [-0.3, -0.25) is 4.67 Å². The van der Waals surface area contributed by atoms with Gasteiger partial charge in [-0.2, -0.15) is 0 Å². The Labute approximate surface area is 226 Å². The Kier molecular flexibility index (Phi) is 5.20. The van der Waals surface area contributed by atoms with Gasteiger partial charge in [-0.05, 0) is 64.6 Å². The van der Waals surface area contributed by atoms with Gasteiger partial charge < -0.3 is 9.05 Å². The topological polar surface area (TPSA) is 34.6 Å². The number of hydrogen-bond donors (Lipinski definition) is 0. The largest absolute Gasteiger partial charge is 0.422 e. The lowest BCUT2D eigenvalue weighted by Gasteiger charge is -2.37. The van der Waals surface area contributed by atoms with Gasteiger partial charge in [-0.25, -0.2) is 4.98 Å². The third-order valence-corrected chi connectivity index (χ3v) is 10.0. The van der Waals surface area contributed by atoms with E-state index in [-0.39, 0.29) is 16.2 Å². The fourth-order valence-corrected chi connectivity index (χ4v) is 8.78. The maximum Gasteiger partial charge on any atom is 0.418 e. The molecule has 0 unspecified atom stereocenters. The Bertz CT molecular complexity index is 1440. The van der Waals surface area contributed by atoms with Crippen molar-refractivity contribution in [3.8, 4) is 11.5 Å². The summed E-state index contributed by atoms with van der Waals surface area (Å²) in [4.78, 5) is 4.73. The summed E-state index contributed by atoms with van der Waals surface area (Å²) >= 11 is 0. The summed E-state index contributed by atoms with van der Waals surface area (Å²) in [6.45, 7) is 10.2. The lowest BCUT2D eigenvalue weighted by atomic mass is 9.72. The molecule has 3 aromatic carbocycles. The lowest BCUT2D eigenvalue weighted by Crippen LogP contribution is -2.30. The predicted molar refractivity (Wildman–Crippen MR) is 154 cm³/mol. The van der Waals surface area contributed by atoms with Crippen molar-refractivity contribution in [1.29, 1.82) is 0 Å². The Morgan fingerprint density at radius 1 is 0.711 bits per heavy atom. The van der Waals surface area contributed by atoms with Crippen molar-refractivity contribution in [3.63, 3.8) is 0 Å². The lowest BCUT2D eigenvalue weighted by molar-refractivity contribution is 0.338. The Morgan fingerprint density at radius 3 is 1.84 bits per heavy atom. The van der Waals surface area contributed by atoms with Gasteiger partial charge >= 0.3 is 8.53 Å². The van der Waals surface area contributed by atoms with E-state index >= 15 is 0 Å². The van der Waals surface area contributed by atoms with Crippen LogP contribution in [0.4, 0.5) is 5.82 Å². The molecule has 0 amide bonds. The molecule has 2 heterocycles. The molecule has 0 fully saturated rings. The number of benzene rings is 3. The average Bonchev–Trinajstić information content (AvgIpc) is 3.28. The third-order valence-electron chi connectivity index (χ3n) is 8.59. The number of hydrogen-bond acceptors (Lipinski definition) is 4. The fraction of sp³-hybridized carbons (Fsp3) is 0.303. The molecule has 0 bridgehead atoms. The third kappa shape index (κ3) is 3.50. The molecule has 2 aliphatic carbocycles. The van der Waals surface area contributed by atoms with Crippen LogP contribution in [-0.2, 0) is 22.8 Å². The second kappa shape index (κ2) is 8.32. The normalized spacial score (nSPS) is 19.4. The van der Waals surface area contributed by atoms with Gasteiger partial charge in [-0.1, -0.05) is 88.4 Å². The molecule has 38 heavy (non-hydrogen) atoms. The molecule has 7 rings (SSSR count). The first-order chi connectivity index (χ1) is 18.3. The number of rotatable bonds is 4. The summed E-state index contributed by atoms with van der Waals surface area (Å²) in [5.41, 5.74) is 6.66. The van der Waals surface area contributed by atoms with E-state index in [0.717, 1.165) is 30.2 Å². The second-order valence-electron chi connectivity index (χ2n) is 12.2. The van der Waals surface area contributed by atoms with Crippen LogP contribution in [0.2, 0.25) is 0 Å². The minimum atomic E-state index is -1.55. The predicted octanol–water partition coefficient (Wildman–Crippen LogP) is 8.44. The summed E-state index contributed by atoms with van der Waals surface area (Å²) in [6.07, 6.45) is 3.94. The molecule has 5 heteroatoms. The van der Waals surface area contributed by atoms with Gasteiger partial charge in [0.25, 0.3) is 0 Å². The Morgan fingerprint density at radius 2 is 1.29 bits per heavy atom. The van der Waals surface area contributed by atoms with Crippen molar-refractivity contribution in [2.45, 2.75) is 63.3 Å². The van der Waals surface area contributed by atoms with Gasteiger partial charge in [0.15, 0.2) is 0 Å². The van der Waals surface area contributed by atoms with Crippen molar-refractivity contribution in [2.75, 3.05) is 4.67 Å². The van der Waals surface area contributed by atoms with Crippen molar-refractivity contribution in [1.82, 2.24) is 4.98 Å². The van der Waals surface area contributed by atoms with Crippen LogP contribution in [-0.4, -0.2) is 4.98 Å². The van der Waals surface area contributed by atoms with E-state index in [4.69, 9.17) is 14.0 Å². The SMILES string of the molecule is CC1(C)CC23CC(C)(C)c4cccc(c42)OP(N(Cc2ccccc2)c2ccccn2)Oc2cccc1c23. The first-order valence-electron chi connectivity index (χ1n) is 13.5. The number of aromatic nitrogens is 1. The fourth-order valence-electron chi connectivity index (χ4n) is 7.34. The molecule has 0 radical (unpaired) electrons. The molecule has 1 aliphatic heterocycles. The van der Waals surface area contributed by atoms with Gasteiger partial charge in [0.05, 0.1) is 6.54 Å². The van der Waals surface area contributed by atoms with Crippen LogP contribution in [0.1, 0.15) is 68.4 Å². The van der Waals surface area contributed by atoms with Crippen LogP contribution in [0.15, 0.2) is 91.1 Å². The van der Waals surface area contributed by atoms with E-state index in [2.05, 4.69) is 93.0 Å². The number of pyridine rings is 1. The molecule has 0 saturated carbocycles. The van der Waals surface area contributed by atoms with Crippen LogP contribution in [0.5, 0.6) is 11.5 Å². The maximum atomic E-state index is 7.01. The summed E-state index contributed by atoms with van der Waals surface area (Å²) in [5.74, 6) is 2.74. The zero-order chi connectivity index (χ0) is 26.1. The monoisotopic (exact) mass is 520 g/mol. The molecule has 0 atom stereocenters. The molecule has 1 aromatic heterocycles. The zero-order valence-electron chi connectivity index (χ0n) is 22.4. The van der Waals surface area contributed by atoms with Crippen LogP contribution in [0, 0.1) is 0 Å². The van der Waals surface area contributed by atoms with Gasteiger partial charge in [0.2, 0.25) is 0 Å². The van der Waals surface area contributed by atoms with Crippen molar-refractivity contribution in [2.24, 2.45) is 0 Å². The van der Waals surface area contributed by atoms with Crippen LogP contribution in [0.25, 0.3) is 0 Å². The van der Waals surface area contributed by atoms with Crippen LogP contribution < -0.4 is 13.7 Å². The summed E-state index contributed by atoms with van der Waals surface area (Å²) in [7, 11) is -1.55. The maximum absolute atomic E-state index is 7.01. The van der Waals surface area contributed by atoms with Gasteiger partial charge in [0.1, 0.15) is 17.3 Å². The Balaban J connectivity index is 1.45. The quantitative estimate of drug-likeness (QED) is 0.253. The molecule has 4 aromatic rings. The number of anilines is 1.